The van der Waals surface area contributed by atoms with E-state index in [9.17, 15) is 14.4 Å². The summed E-state index contributed by atoms with van der Waals surface area (Å²) in [5.41, 5.74) is -0.523. The first-order valence-electron chi connectivity index (χ1n) is 11.8. The molecule has 3 aromatic carbocycles. The van der Waals surface area contributed by atoms with Crippen LogP contribution in [0.1, 0.15) is 63.9 Å². The Morgan fingerprint density at radius 1 is 0.794 bits per heavy atom. The van der Waals surface area contributed by atoms with Gasteiger partial charge >= 0.3 is 5.97 Å². The summed E-state index contributed by atoms with van der Waals surface area (Å²) in [4.78, 5) is 41.5. The van der Waals surface area contributed by atoms with Gasteiger partial charge in [-0.25, -0.2) is 4.79 Å². The molecule has 1 fully saturated rings. The second kappa shape index (κ2) is 10.5. The minimum absolute atomic E-state index is 0.0647. The largest absolute Gasteiger partial charge is 0.432 e. The van der Waals surface area contributed by atoms with Gasteiger partial charge in [0.05, 0.1) is 5.56 Å². The molecule has 0 aromatic heterocycles. The summed E-state index contributed by atoms with van der Waals surface area (Å²) in [7, 11) is 0. The highest BCUT2D eigenvalue weighted by atomic mass is 16.6. The lowest BCUT2D eigenvalue weighted by atomic mass is 9.83. The summed E-state index contributed by atoms with van der Waals surface area (Å²) < 4.78 is 6.01. The van der Waals surface area contributed by atoms with Gasteiger partial charge < -0.3 is 10.1 Å². The van der Waals surface area contributed by atoms with Crippen LogP contribution in [0.5, 0.6) is 0 Å². The van der Waals surface area contributed by atoms with Crippen LogP contribution in [0.25, 0.3) is 0 Å². The summed E-state index contributed by atoms with van der Waals surface area (Å²) in [5.74, 6) is -1.90. The highest BCUT2D eigenvalue weighted by Crippen LogP contribution is 2.33. The van der Waals surface area contributed by atoms with Crippen LogP contribution in [-0.4, -0.2) is 23.7 Å². The topological polar surface area (TPSA) is 72.5 Å². The number of carbonyl (C=O) groups excluding carboxylic acids is 3. The molecule has 1 amide bonds. The van der Waals surface area contributed by atoms with Crippen LogP contribution in [0.3, 0.4) is 0 Å². The van der Waals surface area contributed by atoms with Crippen LogP contribution in [0.15, 0.2) is 84.9 Å². The molecule has 5 heteroatoms. The number of amides is 1. The van der Waals surface area contributed by atoms with Crippen LogP contribution in [0.2, 0.25) is 0 Å². The van der Waals surface area contributed by atoms with Crippen molar-refractivity contribution >= 4 is 17.7 Å². The van der Waals surface area contributed by atoms with E-state index in [1.807, 2.05) is 6.07 Å². The number of hydrogen-bond acceptors (Lipinski definition) is 4. The Kier molecular flexibility index (Phi) is 7.21. The summed E-state index contributed by atoms with van der Waals surface area (Å²) in [5, 5.41) is 3.04. The first-order valence-corrected chi connectivity index (χ1v) is 11.8. The number of aryl methyl sites for hydroxylation is 1. The van der Waals surface area contributed by atoms with Crippen molar-refractivity contribution in [3.63, 3.8) is 0 Å². The molecule has 34 heavy (non-hydrogen) atoms. The molecule has 1 aliphatic carbocycles. The van der Waals surface area contributed by atoms with Crippen LogP contribution in [0.4, 0.5) is 0 Å². The van der Waals surface area contributed by atoms with E-state index in [0.29, 0.717) is 22.3 Å². The standard InChI is InChI=1S/C29H29NO4/c1-21-13-11-12-20-25(21)27(32)34-29(23-16-7-3-8-17-23,26(31)22-14-5-2-6-15-22)28(33)30-24-18-9-4-10-19-24/h2-3,5-8,11-17,20,24H,4,9-10,18-19H2,1H3,(H,30,33). The molecule has 1 atom stereocenters. The van der Waals surface area contributed by atoms with Crippen LogP contribution < -0.4 is 5.32 Å². The molecule has 0 saturated heterocycles. The van der Waals surface area contributed by atoms with E-state index >= 15 is 0 Å². The van der Waals surface area contributed by atoms with Gasteiger partial charge in [0, 0.05) is 17.2 Å². The molecular formula is C29H29NO4. The van der Waals surface area contributed by atoms with Gasteiger partial charge in [-0.2, -0.15) is 0 Å². The Morgan fingerprint density at radius 3 is 2.03 bits per heavy atom. The molecule has 0 bridgehead atoms. The summed E-state index contributed by atoms with van der Waals surface area (Å²) >= 11 is 0. The smallest absolute Gasteiger partial charge is 0.340 e. The summed E-state index contributed by atoms with van der Waals surface area (Å²) in [6.45, 7) is 1.79. The Balaban J connectivity index is 1.83. The predicted molar refractivity (Wildman–Crippen MR) is 131 cm³/mol. The number of carbonyl (C=O) groups is 3. The van der Waals surface area contributed by atoms with Gasteiger partial charge in [0.2, 0.25) is 5.78 Å². The highest BCUT2D eigenvalue weighted by molar-refractivity contribution is 6.18. The number of ketones is 1. The van der Waals surface area contributed by atoms with Crippen molar-refractivity contribution in [3.8, 4) is 0 Å². The molecule has 0 spiro atoms. The molecule has 0 radical (unpaired) electrons. The van der Waals surface area contributed by atoms with Gasteiger partial charge in [-0.05, 0) is 31.4 Å². The lowest BCUT2D eigenvalue weighted by Gasteiger charge is -2.34. The molecule has 4 rings (SSSR count). The Morgan fingerprint density at radius 2 is 1.38 bits per heavy atom. The van der Waals surface area contributed by atoms with Crippen molar-refractivity contribution in [3.05, 3.63) is 107 Å². The van der Waals surface area contributed by atoms with Crippen molar-refractivity contribution in [1.82, 2.24) is 5.32 Å². The lowest BCUT2D eigenvalue weighted by Crippen LogP contribution is -2.55. The molecular weight excluding hydrogens is 426 g/mol. The third-order valence-corrected chi connectivity index (χ3v) is 6.41. The van der Waals surface area contributed by atoms with Gasteiger partial charge in [-0.15, -0.1) is 0 Å². The summed E-state index contributed by atoms with van der Waals surface area (Å²) in [6, 6.07) is 24.0. The fourth-order valence-corrected chi connectivity index (χ4v) is 4.51. The molecule has 1 aliphatic rings. The van der Waals surface area contributed by atoms with Crippen LogP contribution >= 0.6 is 0 Å². The normalized spacial score (nSPS) is 15.7. The van der Waals surface area contributed by atoms with Gasteiger partial charge in [0.15, 0.2) is 0 Å². The first kappa shape index (κ1) is 23.4. The quantitative estimate of drug-likeness (QED) is 0.295. The minimum Gasteiger partial charge on any atom is -0.432 e. The zero-order valence-corrected chi connectivity index (χ0v) is 19.3. The average Bonchev–Trinajstić information content (AvgIpc) is 2.88. The van der Waals surface area contributed by atoms with E-state index in [-0.39, 0.29) is 6.04 Å². The molecule has 1 N–H and O–H groups in total. The zero-order valence-electron chi connectivity index (χ0n) is 19.3. The van der Waals surface area contributed by atoms with E-state index in [1.54, 1.807) is 85.8 Å². The highest BCUT2D eigenvalue weighted by Gasteiger charge is 2.52. The zero-order chi connectivity index (χ0) is 24.0. The maximum absolute atomic E-state index is 14.1. The number of rotatable bonds is 7. The van der Waals surface area contributed by atoms with E-state index in [2.05, 4.69) is 5.32 Å². The Bertz CT molecular complexity index is 1150. The lowest BCUT2D eigenvalue weighted by molar-refractivity contribution is -0.138. The first-order chi connectivity index (χ1) is 16.5. The number of benzene rings is 3. The Labute approximate surface area is 200 Å². The van der Waals surface area contributed by atoms with E-state index < -0.39 is 23.3 Å². The molecule has 3 aromatic rings. The Hall–Kier alpha value is -3.73. The second-order valence-electron chi connectivity index (χ2n) is 8.76. The molecule has 1 saturated carbocycles. The fourth-order valence-electron chi connectivity index (χ4n) is 4.51. The van der Waals surface area contributed by atoms with Crippen molar-refractivity contribution in [2.45, 2.75) is 50.7 Å². The molecule has 5 nitrogen and oxygen atoms in total. The number of Topliss-reactive ketones (excluding diaryl/α,β-unsaturated/α-hetero) is 1. The summed E-state index contributed by atoms with van der Waals surface area (Å²) in [6.07, 6.45) is 4.82. The number of nitrogens with one attached hydrogen (secondary N) is 1. The maximum atomic E-state index is 14.1. The van der Waals surface area contributed by atoms with Crippen molar-refractivity contribution < 1.29 is 19.1 Å². The van der Waals surface area contributed by atoms with E-state index in [1.165, 1.54) is 0 Å². The van der Waals surface area contributed by atoms with Gasteiger partial charge in [-0.3, -0.25) is 9.59 Å². The number of ether oxygens (including phenoxy) is 1. The third kappa shape index (κ3) is 4.79. The van der Waals surface area contributed by atoms with E-state index in [0.717, 1.165) is 32.1 Å². The monoisotopic (exact) mass is 455 g/mol. The molecule has 174 valence electrons. The number of esters is 1. The second-order valence-corrected chi connectivity index (χ2v) is 8.76. The maximum Gasteiger partial charge on any atom is 0.340 e. The SMILES string of the molecule is Cc1ccccc1C(=O)OC(C(=O)NC1CCCCC1)(C(=O)c1ccccc1)c1ccccc1. The van der Waals surface area contributed by atoms with Crippen LogP contribution in [-0.2, 0) is 15.1 Å². The van der Waals surface area contributed by atoms with Crippen LogP contribution in [0, 0.1) is 6.92 Å². The van der Waals surface area contributed by atoms with Crippen molar-refractivity contribution in [2.24, 2.45) is 0 Å². The third-order valence-electron chi connectivity index (χ3n) is 6.41. The molecule has 0 aliphatic heterocycles. The fraction of sp³-hybridized carbons (Fsp3) is 0.276. The van der Waals surface area contributed by atoms with Gasteiger partial charge in [0.25, 0.3) is 11.5 Å². The molecule has 0 heterocycles. The minimum atomic E-state index is -2.15. The predicted octanol–water partition coefficient (Wildman–Crippen LogP) is 5.38. The van der Waals surface area contributed by atoms with Crippen molar-refractivity contribution in [1.29, 1.82) is 0 Å². The van der Waals surface area contributed by atoms with Crippen molar-refractivity contribution in [2.75, 3.05) is 0 Å². The average molecular weight is 456 g/mol. The van der Waals surface area contributed by atoms with E-state index in [4.69, 9.17) is 4.74 Å². The van der Waals surface area contributed by atoms with Gasteiger partial charge in [0.1, 0.15) is 0 Å². The number of hydrogen-bond donors (Lipinski definition) is 1. The molecule has 1 unspecified atom stereocenters. The van der Waals surface area contributed by atoms with Gasteiger partial charge in [-0.1, -0.05) is 98.1 Å².